The number of benzene rings is 1. The van der Waals surface area contributed by atoms with Crippen molar-refractivity contribution in [3.8, 4) is 5.75 Å². The molecular formula is C14H18FNO4. The summed E-state index contributed by atoms with van der Waals surface area (Å²) in [5.41, 5.74) is 0.144. The molecule has 0 bridgehead atoms. The average molecular weight is 283 g/mol. The molecule has 110 valence electrons. The number of carboxylic acids is 1. The fourth-order valence-electron chi connectivity index (χ4n) is 1.68. The molecule has 0 saturated heterocycles. The summed E-state index contributed by atoms with van der Waals surface area (Å²) < 4.78 is 18.7. The van der Waals surface area contributed by atoms with Crippen LogP contribution in [0.4, 0.5) is 4.39 Å². The summed E-state index contributed by atoms with van der Waals surface area (Å²) in [6.45, 7) is 2.31. The molecule has 0 fully saturated rings. The quantitative estimate of drug-likeness (QED) is 0.717. The Balaban J connectivity index is 2.55. The molecule has 0 aliphatic carbocycles. The molecule has 0 radical (unpaired) electrons. The lowest BCUT2D eigenvalue weighted by Gasteiger charge is -2.11. The van der Waals surface area contributed by atoms with E-state index < -0.39 is 17.7 Å². The van der Waals surface area contributed by atoms with Crippen LogP contribution >= 0.6 is 0 Å². The van der Waals surface area contributed by atoms with Crippen molar-refractivity contribution in [1.82, 2.24) is 5.32 Å². The molecule has 0 aromatic heterocycles. The van der Waals surface area contributed by atoms with Gasteiger partial charge in [0.2, 0.25) is 0 Å². The number of ether oxygens (including phenoxy) is 1. The van der Waals surface area contributed by atoms with E-state index >= 15 is 0 Å². The van der Waals surface area contributed by atoms with E-state index in [0.29, 0.717) is 19.4 Å². The molecule has 0 aliphatic heterocycles. The third-order valence-electron chi connectivity index (χ3n) is 2.60. The van der Waals surface area contributed by atoms with Gasteiger partial charge in [0.1, 0.15) is 0 Å². The van der Waals surface area contributed by atoms with Gasteiger partial charge in [-0.1, -0.05) is 6.07 Å². The van der Waals surface area contributed by atoms with Crippen LogP contribution in [0.3, 0.4) is 0 Å². The number of hydrogen-bond donors (Lipinski definition) is 2. The molecule has 0 saturated carbocycles. The number of aliphatic carboxylic acids is 1. The first-order valence-corrected chi connectivity index (χ1v) is 6.47. The van der Waals surface area contributed by atoms with Crippen molar-refractivity contribution in [2.75, 3.05) is 13.2 Å². The van der Waals surface area contributed by atoms with Gasteiger partial charge in [-0.25, -0.2) is 4.39 Å². The van der Waals surface area contributed by atoms with Gasteiger partial charge in [-0.3, -0.25) is 9.59 Å². The average Bonchev–Trinajstić information content (AvgIpc) is 2.40. The monoisotopic (exact) mass is 283 g/mol. The smallest absolute Gasteiger partial charge is 0.303 e. The van der Waals surface area contributed by atoms with E-state index in [-0.39, 0.29) is 24.3 Å². The van der Waals surface area contributed by atoms with Gasteiger partial charge in [-0.05, 0) is 31.9 Å². The van der Waals surface area contributed by atoms with Crippen LogP contribution in [0, 0.1) is 5.82 Å². The molecule has 5 nitrogen and oxygen atoms in total. The molecule has 0 unspecified atom stereocenters. The summed E-state index contributed by atoms with van der Waals surface area (Å²) in [6, 6.07) is 4.16. The number of amides is 1. The topological polar surface area (TPSA) is 75.6 Å². The first kappa shape index (κ1) is 15.9. The molecule has 0 atom stereocenters. The lowest BCUT2D eigenvalue weighted by Crippen LogP contribution is -2.25. The second kappa shape index (κ2) is 8.14. The molecule has 0 aliphatic rings. The minimum atomic E-state index is -0.861. The summed E-state index contributed by atoms with van der Waals surface area (Å²) in [5.74, 6) is -1.92. The second-order valence-corrected chi connectivity index (χ2v) is 4.16. The van der Waals surface area contributed by atoms with Gasteiger partial charge in [0.25, 0.3) is 5.91 Å². The van der Waals surface area contributed by atoms with Crippen LogP contribution in [0.15, 0.2) is 18.2 Å². The Labute approximate surface area is 116 Å². The standard InChI is InChI=1S/C14H18FNO4/c1-2-20-13-10(6-5-7-11(13)15)14(19)16-9-4-3-8-12(17)18/h5-7H,2-4,8-9H2,1H3,(H,16,19)(H,17,18). The van der Waals surface area contributed by atoms with E-state index in [9.17, 15) is 14.0 Å². The number of para-hydroxylation sites is 1. The van der Waals surface area contributed by atoms with Gasteiger partial charge >= 0.3 is 5.97 Å². The van der Waals surface area contributed by atoms with E-state index in [1.807, 2.05) is 0 Å². The zero-order chi connectivity index (χ0) is 15.0. The van der Waals surface area contributed by atoms with Crippen LogP contribution in [-0.4, -0.2) is 30.1 Å². The number of carbonyl (C=O) groups is 2. The van der Waals surface area contributed by atoms with Crippen LogP contribution in [0.1, 0.15) is 36.5 Å². The number of unbranched alkanes of at least 4 members (excludes halogenated alkanes) is 1. The van der Waals surface area contributed by atoms with Crippen LogP contribution < -0.4 is 10.1 Å². The van der Waals surface area contributed by atoms with Gasteiger partial charge < -0.3 is 15.2 Å². The fourth-order valence-corrected chi connectivity index (χ4v) is 1.68. The van der Waals surface area contributed by atoms with Gasteiger partial charge in [0.05, 0.1) is 12.2 Å². The van der Waals surface area contributed by atoms with Crippen LogP contribution in [0.25, 0.3) is 0 Å². The zero-order valence-electron chi connectivity index (χ0n) is 11.3. The van der Waals surface area contributed by atoms with Crippen molar-refractivity contribution in [2.24, 2.45) is 0 Å². The minimum Gasteiger partial charge on any atom is -0.490 e. The highest BCUT2D eigenvalue weighted by molar-refractivity contribution is 5.96. The Morgan fingerprint density at radius 1 is 1.35 bits per heavy atom. The van der Waals surface area contributed by atoms with Crippen molar-refractivity contribution in [3.63, 3.8) is 0 Å². The van der Waals surface area contributed by atoms with Gasteiger partial charge in [-0.2, -0.15) is 0 Å². The Morgan fingerprint density at radius 2 is 2.10 bits per heavy atom. The first-order chi connectivity index (χ1) is 9.56. The Hall–Kier alpha value is -2.11. The van der Waals surface area contributed by atoms with Crippen LogP contribution in [0.5, 0.6) is 5.75 Å². The fraction of sp³-hybridized carbons (Fsp3) is 0.429. The lowest BCUT2D eigenvalue weighted by atomic mass is 10.1. The van der Waals surface area contributed by atoms with Gasteiger partial charge in [0.15, 0.2) is 11.6 Å². The minimum absolute atomic E-state index is 0.0574. The molecule has 20 heavy (non-hydrogen) atoms. The molecule has 1 aromatic carbocycles. The largest absolute Gasteiger partial charge is 0.490 e. The van der Waals surface area contributed by atoms with E-state index in [1.54, 1.807) is 6.92 Å². The molecule has 1 aromatic rings. The number of carboxylic acid groups (broad SMARTS) is 1. The molecule has 6 heteroatoms. The van der Waals surface area contributed by atoms with Crippen molar-refractivity contribution >= 4 is 11.9 Å². The predicted molar refractivity (Wildman–Crippen MR) is 71.4 cm³/mol. The third-order valence-corrected chi connectivity index (χ3v) is 2.60. The lowest BCUT2D eigenvalue weighted by molar-refractivity contribution is -0.137. The van der Waals surface area contributed by atoms with E-state index in [4.69, 9.17) is 9.84 Å². The summed E-state index contributed by atoms with van der Waals surface area (Å²) >= 11 is 0. The number of halogens is 1. The number of carbonyl (C=O) groups excluding carboxylic acids is 1. The summed E-state index contributed by atoms with van der Waals surface area (Å²) in [6.07, 6.45) is 1.11. The highest BCUT2D eigenvalue weighted by Crippen LogP contribution is 2.22. The molecule has 0 heterocycles. The molecule has 2 N–H and O–H groups in total. The van der Waals surface area contributed by atoms with Crippen LogP contribution in [0.2, 0.25) is 0 Å². The SMILES string of the molecule is CCOc1c(F)cccc1C(=O)NCCCCC(=O)O. The maximum absolute atomic E-state index is 13.6. The summed E-state index contributed by atoms with van der Waals surface area (Å²) in [4.78, 5) is 22.2. The number of nitrogens with one attached hydrogen (secondary N) is 1. The maximum atomic E-state index is 13.6. The normalized spacial score (nSPS) is 10.1. The summed E-state index contributed by atoms with van der Waals surface area (Å²) in [5, 5.41) is 11.1. The number of hydrogen-bond acceptors (Lipinski definition) is 3. The zero-order valence-corrected chi connectivity index (χ0v) is 11.3. The maximum Gasteiger partial charge on any atom is 0.303 e. The van der Waals surface area contributed by atoms with Gasteiger partial charge in [-0.15, -0.1) is 0 Å². The molecular weight excluding hydrogens is 265 g/mol. The van der Waals surface area contributed by atoms with Crippen molar-refractivity contribution in [2.45, 2.75) is 26.2 Å². The van der Waals surface area contributed by atoms with Crippen molar-refractivity contribution < 1.29 is 23.8 Å². The summed E-state index contributed by atoms with van der Waals surface area (Å²) in [7, 11) is 0. The van der Waals surface area contributed by atoms with Crippen molar-refractivity contribution in [3.05, 3.63) is 29.6 Å². The Bertz CT molecular complexity index is 476. The van der Waals surface area contributed by atoms with E-state index in [2.05, 4.69) is 5.32 Å². The molecule has 0 spiro atoms. The van der Waals surface area contributed by atoms with Crippen molar-refractivity contribution in [1.29, 1.82) is 0 Å². The molecule has 1 rings (SSSR count). The predicted octanol–water partition coefficient (Wildman–Crippen LogP) is 2.21. The van der Waals surface area contributed by atoms with Crippen LogP contribution in [-0.2, 0) is 4.79 Å². The highest BCUT2D eigenvalue weighted by atomic mass is 19.1. The van der Waals surface area contributed by atoms with E-state index in [1.165, 1.54) is 18.2 Å². The Morgan fingerprint density at radius 3 is 2.75 bits per heavy atom. The van der Waals surface area contributed by atoms with Gasteiger partial charge in [0, 0.05) is 13.0 Å². The van der Waals surface area contributed by atoms with E-state index in [0.717, 1.165) is 0 Å². The highest BCUT2D eigenvalue weighted by Gasteiger charge is 2.15. The number of rotatable bonds is 8. The Kier molecular flexibility index (Phi) is 6.49. The molecule has 1 amide bonds. The first-order valence-electron chi connectivity index (χ1n) is 6.47. The third kappa shape index (κ3) is 4.87. The second-order valence-electron chi connectivity index (χ2n) is 4.16.